The Morgan fingerprint density at radius 3 is 2.43 bits per heavy atom. The topological polar surface area (TPSA) is 85.5 Å². The summed E-state index contributed by atoms with van der Waals surface area (Å²) in [5, 5.41) is 19.8. The number of halogens is 2. The van der Waals surface area contributed by atoms with E-state index in [4.69, 9.17) is 9.84 Å². The number of nitro groups is 1. The van der Waals surface area contributed by atoms with Crippen molar-refractivity contribution in [1.29, 1.82) is 0 Å². The van der Waals surface area contributed by atoms with Crippen molar-refractivity contribution >= 4 is 37.5 Å². The van der Waals surface area contributed by atoms with Crippen molar-refractivity contribution in [2.45, 2.75) is 13.5 Å². The standard InChI is InChI=1S/C13H10Br2N2O4/c1-7-2-8(6-18)5-16-13(7)21-12-10(14)3-9(17(19)20)4-11(12)15/h2-5,18H,6H2,1H3. The van der Waals surface area contributed by atoms with Gasteiger partial charge in [0, 0.05) is 23.9 Å². The first-order valence-electron chi connectivity index (χ1n) is 5.80. The van der Waals surface area contributed by atoms with Gasteiger partial charge in [0.1, 0.15) is 0 Å². The SMILES string of the molecule is Cc1cc(CO)cnc1Oc1c(Br)cc([N+](=O)[O-])cc1Br. The molecule has 1 aromatic heterocycles. The first-order chi connectivity index (χ1) is 9.92. The third-order valence-electron chi connectivity index (χ3n) is 2.66. The molecule has 0 saturated heterocycles. The van der Waals surface area contributed by atoms with E-state index < -0.39 is 4.92 Å². The molecule has 21 heavy (non-hydrogen) atoms. The summed E-state index contributed by atoms with van der Waals surface area (Å²) >= 11 is 6.50. The van der Waals surface area contributed by atoms with Crippen molar-refractivity contribution in [3.05, 3.63) is 54.6 Å². The minimum atomic E-state index is -0.487. The maximum atomic E-state index is 10.8. The summed E-state index contributed by atoms with van der Waals surface area (Å²) in [5.74, 6) is 0.760. The molecule has 8 heteroatoms. The van der Waals surface area contributed by atoms with Gasteiger partial charge in [-0.05, 0) is 50.4 Å². The molecule has 0 aliphatic carbocycles. The first-order valence-corrected chi connectivity index (χ1v) is 7.38. The van der Waals surface area contributed by atoms with E-state index in [0.717, 1.165) is 5.56 Å². The van der Waals surface area contributed by atoms with Gasteiger partial charge >= 0.3 is 0 Å². The highest BCUT2D eigenvalue weighted by Crippen LogP contribution is 2.39. The molecule has 2 rings (SSSR count). The summed E-state index contributed by atoms with van der Waals surface area (Å²) in [5.41, 5.74) is 1.38. The second-order valence-electron chi connectivity index (χ2n) is 4.22. The molecule has 0 atom stereocenters. The Hall–Kier alpha value is -1.51. The number of ether oxygens (including phenoxy) is 1. The number of nitrogens with zero attached hydrogens (tertiary/aromatic N) is 2. The van der Waals surface area contributed by atoms with Gasteiger partial charge in [0.25, 0.3) is 5.69 Å². The van der Waals surface area contributed by atoms with Crippen LogP contribution in [0.5, 0.6) is 11.6 Å². The van der Waals surface area contributed by atoms with Gasteiger partial charge in [-0.3, -0.25) is 10.1 Å². The highest BCUT2D eigenvalue weighted by Gasteiger charge is 2.17. The number of hydrogen-bond acceptors (Lipinski definition) is 5. The number of aliphatic hydroxyl groups is 1. The highest BCUT2D eigenvalue weighted by atomic mass is 79.9. The Morgan fingerprint density at radius 2 is 1.95 bits per heavy atom. The third kappa shape index (κ3) is 3.58. The molecule has 0 saturated carbocycles. The summed E-state index contributed by atoms with van der Waals surface area (Å²) in [4.78, 5) is 14.4. The van der Waals surface area contributed by atoms with Crippen LogP contribution in [0.1, 0.15) is 11.1 Å². The number of hydrogen-bond donors (Lipinski definition) is 1. The van der Waals surface area contributed by atoms with Crippen LogP contribution in [-0.4, -0.2) is 15.0 Å². The van der Waals surface area contributed by atoms with Gasteiger partial charge in [-0.15, -0.1) is 0 Å². The number of aryl methyl sites for hydroxylation is 1. The molecule has 0 aliphatic heterocycles. The van der Waals surface area contributed by atoms with Gasteiger partial charge in [0.05, 0.1) is 20.5 Å². The largest absolute Gasteiger partial charge is 0.436 e. The van der Waals surface area contributed by atoms with Crippen LogP contribution in [0.15, 0.2) is 33.3 Å². The number of aromatic nitrogens is 1. The van der Waals surface area contributed by atoms with E-state index in [-0.39, 0.29) is 12.3 Å². The molecular formula is C13H10Br2N2O4. The molecular weight excluding hydrogens is 408 g/mol. The van der Waals surface area contributed by atoms with E-state index in [9.17, 15) is 10.1 Å². The van der Waals surface area contributed by atoms with Crippen LogP contribution in [0, 0.1) is 17.0 Å². The Kier molecular flexibility index (Phi) is 4.92. The Morgan fingerprint density at radius 1 is 1.33 bits per heavy atom. The lowest BCUT2D eigenvalue weighted by Crippen LogP contribution is -1.96. The number of aliphatic hydroxyl groups excluding tert-OH is 1. The summed E-state index contributed by atoms with van der Waals surface area (Å²) in [6, 6.07) is 4.48. The summed E-state index contributed by atoms with van der Waals surface area (Å²) in [7, 11) is 0. The Bertz CT molecular complexity index is 684. The molecule has 0 unspecified atom stereocenters. The number of pyridine rings is 1. The van der Waals surface area contributed by atoms with Crippen LogP contribution < -0.4 is 4.74 Å². The van der Waals surface area contributed by atoms with Crippen molar-refractivity contribution in [2.24, 2.45) is 0 Å². The van der Waals surface area contributed by atoms with Crippen molar-refractivity contribution in [2.75, 3.05) is 0 Å². The fourth-order valence-corrected chi connectivity index (χ4v) is 2.98. The van der Waals surface area contributed by atoms with Gasteiger partial charge in [-0.2, -0.15) is 0 Å². The molecule has 0 fully saturated rings. The molecule has 2 aromatic rings. The average Bonchev–Trinajstić information content (AvgIpc) is 2.43. The van der Waals surface area contributed by atoms with Crippen molar-refractivity contribution in [3.8, 4) is 11.6 Å². The van der Waals surface area contributed by atoms with E-state index in [1.165, 1.54) is 18.3 Å². The van der Waals surface area contributed by atoms with Gasteiger partial charge in [-0.1, -0.05) is 0 Å². The molecule has 0 radical (unpaired) electrons. The zero-order valence-electron chi connectivity index (χ0n) is 10.8. The van der Waals surface area contributed by atoms with Crippen LogP contribution in [-0.2, 0) is 6.61 Å². The quantitative estimate of drug-likeness (QED) is 0.597. The fraction of sp³-hybridized carbons (Fsp3) is 0.154. The summed E-state index contributed by atoms with van der Waals surface area (Å²) in [6.45, 7) is 1.70. The van der Waals surface area contributed by atoms with Crippen LogP contribution >= 0.6 is 31.9 Å². The van der Waals surface area contributed by atoms with Crippen molar-refractivity contribution < 1.29 is 14.8 Å². The predicted octanol–water partition coefficient (Wildman–Crippen LogP) is 4.11. The maximum absolute atomic E-state index is 10.8. The number of benzene rings is 1. The number of non-ortho nitro benzene ring substituents is 1. The zero-order chi connectivity index (χ0) is 15.6. The van der Waals surface area contributed by atoms with Crippen molar-refractivity contribution in [1.82, 2.24) is 4.98 Å². The second-order valence-corrected chi connectivity index (χ2v) is 5.93. The Balaban J connectivity index is 2.38. The molecule has 0 bridgehead atoms. The smallest absolute Gasteiger partial charge is 0.271 e. The molecule has 1 N–H and O–H groups in total. The van der Waals surface area contributed by atoms with Gasteiger partial charge in [0.15, 0.2) is 5.75 Å². The number of rotatable bonds is 4. The summed E-state index contributed by atoms with van der Waals surface area (Å²) < 4.78 is 6.58. The van der Waals surface area contributed by atoms with Crippen LogP contribution in [0.2, 0.25) is 0 Å². The van der Waals surface area contributed by atoms with Crippen LogP contribution in [0.4, 0.5) is 5.69 Å². The molecule has 6 nitrogen and oxygen atoms in total. The third-order valence-corrected chi connectivity index (χ3v) is 3.84. The van der Waals surface area contributed by atoms with E-state index >= 15 is 0 Å². The van der Waals surface area contributed by atoms with E-state index in [1.54, 1.807) is 13.0 Å². The molecule has 0 spiro atoms. The first kappa shape index (κ1) is 15.9. The van der Waals surface area contributed by atoms with Crippen LogP contribution in [0.25, 0.3) is 0 Å². The lowest BCUT2D eigenvalue weighted by molar-refractivity contribution is -0.385. The lowest BCUT2D eigenvalue weighted by atomic mass is 10.2. The maximum Gasteiger partial charge on any atom is 0.271 e. The molecule has 110 valence electrons. The van der Waals surface area contributed by atoms with Crippen molar-refractivity contribution in [3.63, 3.8) is 0 Å². The fourth-order valence-electron chi connectivity index (χ4n) is 1.66. The minimum absolute atomic E-state index is 0.0543. The molecule has 1 aromatic carbocycles. The van der Waals surface area contributed by atoms with Gasteiger partial charge in [0.2, 0.25) is 5.88 Å². The average molecular weight is 418 g/mol. The monoisotopic (exact) mass is 416 g/mol. The predicted molar refractivity (Wildman–Crippen MR) is 83.5 cm³/mol. The molecule has 0 amide bonds. The van der Waals surface area contributed by atoms with Crippen LogP contribution in [0.3, 0.4) is 0 Å². The van der Waals surface area contributed by atoms with Gasteiger partial charge < -0.3 is 9.84 Å². The second kappa shape index (κ2) is 6.50. The molecule has 0 aliphatic rings. The Labute approximate surface area is 137 Å². The lowest BCUT2D eigenvalue weighted by Gasteiger charge is -2.11. The normalized spacial score (nSPS) is 10.5. The van der Waals surface area contributed by atoms with E-state index in [1.807, 2.05) is 0 Å². The minimum Gasteiger partial charge on any atom is -0.436 e. The highest BCUT2D eigenvalue weighted by molar-refractivity contribution is 9.11. The molecule has 1 heterocycles. The van der Waals surface area contributed by atoms with E-state index in [0.29, 0.717) is 26.1 Å². The van der Waals surface area contributed by atoms with E-state index in [2.05, 4.69) is 36.8 Å². The summed E-state index contributed by atoms with van der Waals surface area (Å²) in [6.07, 6.45) is 1.51. The zero-order valence-corrected chi connectivity index (χ0v) is 14.0. The number of nitro benzene ring substituents is 1. The van der Waals surface area contributed by atoms with Gasteiger partial charge in [-0.25, -0.2) is 4.98 Å².